The van der Waals surface area contributed by atoms with Gasteiger partial charge in [-0.25, -0.2) is 4.98 Å². The number of nitrogens with zero attached hydrogens (tertiary/aromatic N) is 1. The van der Waals surface area contributed by atoms with Gasteiger partial charge in [0.15, 0.2) is 10.8 Å². The number of hydrogen-bond acceptors (Lipinski definition) is 3. The van der Waals surface area contributed by atoms with E-state index in [1.807, 2.05) is 0 Å². The van der Waals surface area contributed by atoms with Crippen molar-refractivity contribution in [1.82, 2.24) is 4.98 Å². The summed E-state index contributed by atoms with van der Waals surface area (Å²) in [6, 6.07) is 3.54. The van der Waals surface area contributed by atoms with Gasteiger partial charge in [-0.1, -0.05) is 17.4 Å². The summed E-state index contributed by atoms with van der Waals surface area (Å²) in [4.78, 5) is 15.1. The van der Waals surface area contributed by atoms with Crippen LogP contribution in [0.3, 0.4) is 0 Å². The molecule has 11 heteroatoms. The van der Waals surface area contributed by atoms with Crippen LogP contribution >= 0.6 is 33.9 Å². The Morgan fingerprint density at radius 3 is 2.30 bits per heavy atom. The summed E-state index contributed by atoms with van der Waals surface area (Å²) in [5, 5.41) is 1.72. The smallest absolute Gasteiger partial charge is 0.298 e. The van der Waals surface area contributed by atoms with E-state index < -0.39 is 29.5 Å². The fourth-order valence-electron chi connectivity index (χ4n) is 1.54. The van der Waals surface area contributed by atoms with E-state index in [-0.39, 0.29) is 13.6 Å². The Labute approximate surface area is 142 Å². The van der Waals surface area contributed by atoms with Crippen LogP contribution in [0, 0.1) is 2.88 Å². The molecule has 1 N–H and O–H groups in total. The number of halogens is 7. The topological polar surface area (TPSA) is 42.0 Å². The number of alkyl halides is 6. The minimum absolute atomic E-state index is 0.186. The largest absolute Gasteiger partial charge is 0.435 e. The van der Waals surface area contributed by atoms with E-state index >= 15 is 0 Å². The van der Waals surface area contributed by atoms with Gasteiger partial charge in [0, 0.05) is 5.56 Å². The van der Waals surface area contributed by atoms with Gasteiger partial charge in [-0.05, 0) is 40.8 Å². The highest BCUT2D eigenvalue weighted by Crippen LogP contribution is 2.37. The van der Waals surface area contributed by atoms with Crippen molar-refractivity contribution in [1.29, 1.82) is 0 Å². The fourth-order valence-corrected chi connectivity index (χ4v) is 3.30. The molecule has 0 bridgehead atoms. The molecule has 0 atom stereocenters. The van der Waals surface area contributed by atoms with Crippen molar-refractivity contribution in [3.8, 4) is 0 Å². The summed E-state index contributed by atoms with van der Waals surface area (Å²) in [6.45, 7) is 0. The molecule has 2 rings (SSSR count). The first-order valence-corrected chi connectivity index (χ1v) is 7.60. The second-order valence-corrected chi connectivity index (χ2v) is 6.98. The van der Waals surface area contributed by atoms with Gasteiger partial charge >= 0.3 is 12.4 Å². The number of amides is 1. The molecule has 1 amide bonds. The summed E-state index contributed by atoms with van der Waals surface area (Å²) in [7, 11) is 0. The quantitative estimate of drug-likeness (QED) is 0.498. The fraction of sp³-hybridized carbons (Fsp3) is 0.167. The first-order chi connectivity index (χ1) is 10.5. The van der Waals surface area contributed by atoms with Crippen molar-refractivity contribution >= 4 is 45.0 Å². The number of thiazole rings is 1. The highest BCUT2D eigenvalue weighted by atomic mass is 127. The minimum Gasteiger partial charge on any atom is -0.298 e. The monoisotopic (exact) mass is 466 g/mol. The Morgan fingerprint density at radius 2 is 1.78 bits per heavy atom. The van der Waals surface area contributed by atoms with E-state index in [0.29, 0.717) is 17.4 Å². The third-order valence-corrected chi connectivity index (χ3v) is 4.46. The van der Waals surface area contributed by atoms with E-state index in [2.05, 4.69) is 10.3 Å². The molecule has 0 aliphatic heterocycles. The Balaban J connectivity index is 2.23. The molecule has 0 aliphatic rings. The molecule has 124 valence electrons. The number of nitrogens with one attached hydrogen (secondary N) is 1. The third-order valence-electron chi connectivity index (χ3n) is 2.53. The second kappa shape index (κ2) is 6.26. The molecule has 0 unspecified atom stereocenters. The Bertz CT molecular complexity index is 740. The van der Waals surface area contributed by atoms with Gasteiger partial charge < -0.3 is 0 Å². The molecule has 0 aliphatic carbocycles. The molecule has 3 nitrogen and oxygen atoms in total. The van der Waals surface area contributed by atoms with Gasteiger partial charge in [0.05, 0.1) is 8.45 Å². The maximum atomic E-state index is 12.6. The first kappa shape index (κ1) is 18.0. The Morgan fingerprint density at radius 1 is 1.13 bits per heavy atom. The molecule has 1 aromatic carbocycles. The van der Waals surface area contributed by atoms with Gasteiger partial charge in [-0.3, -0.25) is 10.1 Å². The molecule has 0 fully saturated rings. The van der Waals surface area contributed by atoms with Crippen LogP contribution in [0.5, 0.6) is 0 Å². The molecule has 0 radical (unpaired) electrons. The minimum atomic E-state index is -4.67. The van der Waals surface area contributed by atoms with Crippen LogP contribution in [0.1, 0.15) is 21.6 Å². The van der Waals surface area contributed by atoms with Gasteiger partial charge in [-0.15, -0.1) is 0 Å². The van der Waals surface area contributed by atoms with Crippen molar-refractivity contribution < 1.29 is 31.1 Å². The predicted octanol–water partition coefficient (Wildman–Crippen LogP) is 5.04. The standard InChI is InChI=1S/C12H5F6IN2OS/c13-11(14,15)6-3-1-2-5(4-6)9(22)21-10-20-7(8(19)23-10)12(16,17)18/h1-4H,(H,20,21,22). The molecular weight excluding hydrogens is 461 g/mol. The lowest BCUT2D eigenvalue weighted by molar-refractivity contribution is -0.141. The summed E-state index contributed by atoms with van der Waals surface area (Å²) < 4.78 is 75.4. The average Bonchev–Trinajstić information content (AvgIpc) is 2.78. The Kier molecular flexibility index (Phi) is 4.89. The van der Waals surface area contributed by atoms with Gasteiger partial charge in [0.1, 0.15) is 0 Å². The van der Waals surface area contributed by atoms with Crippen molar-refractivity contribution in [2.75, 3.05) is 5.32 Å². The van der Waals surface area contributed by atoms with Crippen molar-refractivity contribution in [3.05, 3.63) is 44.0 Å². The van der Waals surface area contributed by atoms with E-state index in [4.69, 9.17) is 0 Å². The molecule has 2 aromatic rings. The normalized spacial score (nSPS) is 12.3. The van der Waals surface area contributed by atoms with Crippen molar-refractivity contribution in [2.24, 2.45) is 0 Å². The number of carbonyl (C=O) groups excluding carboxylic acids is 1. The molecular formula is C12H5F6IN2OS. The molecule has 23 heavy (non-hydrogen) atoms. The first-order valence-electron chi connectivity index (χ1n) is 5.70. The number of carbonyl (C=O) groups is 1. The summed E-state index contributed by atoms with van der Waals surface area (Å²) >= 11 is 2.00. The summed E-state index contributed by atoms with van der Waals surface area (Å²) in [5.41, 5.74) is -2.52. The molecule has 1 heterocycles. The van der Waals surface area contributed by atoms with Gasteiger partial charge in [-0.2, -0.15) is 26.3 Å². The van der Waals surface area contributed by atoms with Crippen LogP contribution < -0.4 is 5.32 Å². The van der Waals surface area contributed by atoms with E-state index in [1.165, 1.54) is 22.6 Å². The summed E-state index contributed by atoms with van der Waals surface area (Å²) in [6.07, 6.45) is -9.30. The van der Waals surface area contributed by atoms with Gasteiger partial charge in [0.2, 0.25) is 0 Å². The highest BCUT2D eigenvalue weighted by Gasteiger charge is 2.37. The highest BCUT2D eigenvalue weighted by molar-refractivity contribution is 14.1. The summed E-state index contributed by atoms with van der Waals surface area (Å²) in [5.74, 6) is -0.977. The predicted molar refractivity (Wildman–Crippen MR) is 79.2 cm³/mol. The average molecular weight is 466 g/mol. The lowest BCUT2D eigenvalue weighted by atomic mass is 10.1. The van der Waals surface area contributed by atoms with Crippen molar-refractivity contribution in [3.63, 3.8) is 0 Å². The van der Waals surface area contributed by atoms with E-state index in [1.54, 1.807) is 0 Å². The SMILES string of the molecule is O=C(Nc1nc(C(F)(F)F)c(I)s1)c1cccc(C(F)(F)F)c1. The molecule has 0 spiro atoms. The maximum absolute atomic E-state index is 12.6. The van der Waals surface area contributed by atoms with E-state index in [0.717, 1.165) is 18.2 Å². The number of hydrogen-bond donors (Lipinski definition) is 1. The lowest BCUT2D eigenvalue weighted by Gasteiger charge is -2.08. The van der Waals surface area contributed by atoms with Crippen LogP contribution in [0.25, 0.3) is 0 Å². The zero-order valence-corrected chi connectivity index (χ0v) is 13.7. The zero-order valence-electron chi connectivity index (χ0n) is 10.7. The van der Waals surface area contributed by atoms with Crippen LogP contribution in [0.15, 0.2) is 24.3 Å². The zero-order chi connectivity index (χ0) is 17.4. The Hall–Kier alpha value is -1.37. The number of rotatable bonds is 2. The van der Waals surface area contributed by atoms with Crippen LogP contribution in [-0.2, 0) is 12.4 Å². The number of benzene rings is 1. The van der Waals surface area contributed by atoms with Crippen LogP contribution in [0.4, 0.5) is 31.5 Å². The third kappa shape index (κ3) is 4.34. The number of aromatic nitrogens is 1. The molecule has 0 saturated heterocycles. The number of anilines is 1. The van der Waals surface area contributed by atoms with Crippen molar-refractivity contribution in [2.45, 2.75) is 12.4 Å². The van der Waals surface area contributed by atoms with Crippen LogP contribution in [0.2, 0.25) is 0 Å². The second-order valence-electron chi connectivity index (χ2n) is 4.17. The molecule has 1 aromatic heterocycles. The van der Waals surface area contributed by atoms with Crippen LogP contribution in [-0.4, -0.2) is 10.9 Å². The van der Waals surface area contributed by atoms with E-state index in [9.17, 15) is 31.1 Å². The molecule has 0 saturated carbocycles. The lowest BCUT2D eigenvalue weighted by Crippen LogP contribution is -2.14. The maximum Gasteiger partial charge on any atom is 0.435 e. The van der Waals surface area contributed by atoms with Gasteiger partial charge in [0.25, 0.3) is 5.91 Å².